The molecule has 0 spiro atoms. The van der Waals surface area contributed by atoms with Gasteiger partial charge in [0, 0.05) is 11.1 Å². The number of alkyl halides is 1. The summed E-state index contributed by atoms with van der Waals surface area (Å²) < 4.78 is 0. The van der Waals surface area contributed by atoms with Crippen LogP contribution in [0.15, 0.2) is 115 Å². The Balaban J connectivity index is 1.86. The Hall–Kier alpha value is -3.16. The smallest absolute Gasteiger partial charge is 0.193 e. The number of carbonyl (C=O) groups excluding carboxylic acids is 1. The van der Waals surface area contributed by atoms with Crippen LogP contribution in [-0.4, -0.2) is 5.78 Å². The molecule has 4 aromatic rings. The third kappa shape index (κ3) is 3.37. The molecular formula is C26H19ClO. The number of rotatable bonds is 5. The van der Waals surface area contributed by atoms with Crippen LogP contribution in [0, 0.1) is 0 Å². The highest BCUT2D eigenvalue weighted by molar-refractivity contribution is 6.28. The molecule has 1 nitrogen and oxygen atoms in total. The van der Waals surface area contributed by atoms with E-state index in [0.717, 1.165) is 16.7 Å². The molecule has 4 rings (SSSR count). The maximum Gasteiger partial charge on any atom is 0.193 e. The van der Waals surface area contributed by atoms with Crippen molar-refractivity contribution in [2.45, 2.75) is 4.87 Å². The van der Waals surface area contributed by atoms with Gasteiger partial charge in [-0.3, -0.25) is 4.79 Å². The predicted molar refractivity (Wildman–Crippen MR) is 115 cm³/mol. The van der Waals surface area contributed by atoms with Crippen LogP contribution in [0.25, 0.3) is 0 Å². The topological polar surface area (TPSA) is 17.1 Å². The van der Waals surface area contributed by atoms with Crippen molar-refractivity contribution in [1.29, 1.82) is 0 Å². The minimum Gasteiger partial charge on any atom is -0.289 e. The molecular weight excluding hydrogens is 364 g/mol. The second-order valence-corrected chi connectivity index (χ2v) is 7.23. The van der Waals surface area contributed by atoms with E-state index in [1.165, 1.54) is 0 Å². The minimum absolute atomic E-state index is 0.0115. The van der Waals surface area contributed by atoms with E-state index in [-0.39, 0.29) is 5.78 Å². The van der Waals surface area contributed by atoms with Crippen LogP contribution in [0.2, 0.25) is 0 Å². The van der Waals surface area contributed by atoms with E-state index >= 15 is 0 Å². The SMILES string of the molecule is O=C(c1ccccc1)c1cccc(C(Cl)(c2ccccc2)c2ccccc2)c1. The maximum absolute atomic E-state index is 13.0. The van der Waals surface area contributed by atoms with Crippen LogP contribution in [0.1, 0.15) is 32.6 Å². The Kier molecular flexibility index (Phi) is 5.10. The third-order valence-electron chi connectivity index (χ3n) is 4.90. The van der Waals surface area contributed by atoms with Crippen molar-refractivity contribution in [3.8, 4) is 0 Å². The van der Waals surface area contributed by atoms with Gasteiger partial charge in [0.1, 0.15) is 4.87 Å². The molecule has 0 aliphatic heterocycles. The lowest BCUT2D eigenvalue weighted by molar-refractivity contribution is 0.103. The third-order valence-corrected chi connectivity index (χ3v) is 5.56. The van der Waals surface area contributed by atoms with Gasteiger partial charge < -0.3 is 0 Å². The van der Waals surface area contributed by atoms with Gasteiger partial charge in [0.2, 0.25) is 0 Å². The van der Waals surface area contributed by atoms with Crippen LogP contribution < -0.4 is 0 Å². The first-order valence-corrected chi connectivity index (χ1v) is 9.57. The molecule has 0 radical (unpaired) electrons. The molecule has 0 aliphatic carbocycles. The molecule has 0 N–H and O–H groups in total. The zero-order valence-electron chi connectivity index (χ0n) is 15.3. The minimum atomic E-state index is -0.879. The molecule has 4 aromatic carbocycles. The molecule has 0 saturated heterocycles. The van der Waals surface area contributed by atoms with E-state index < -0.39 is 4.87 Å². The number of hydrogen-bond donors (Lipinski definition) is 0. The van der Waals surface area contributed by atoms with Gasteiger partial charge >= 0.3 is 0 Å². The second kappa shape index (κ2) is 7.84. The normalized spacial score (nSPS) is 11.2. The lowest BCUT2D eigenvalue weighted by Gasteiger charge is -2.29. The summed E-state index contributed by atoms with van der Waals surface area (Å²) in [6, 6.07) is 36.9. The Morgan fingerprint density at radius 3 is 1.50 bits per heavy atom. The molecule has 0 unspecified atom stereocenters. The first-order chi connectivity index (χ1) is 13.7. The zero-order chi connectivity index (χ0) is 19.4. The first-order valence-electron chi connectivity index (χ1n) is 9.20. The fraction of sp³-hybridized carbons (Fsp3) is 0.0385. The number of hydrogen-bond acceptors (Lipinski definition) is 1. The second-order valence-electron chi connectivity index (χ2n) is 6.67. The molecule has 0 saturated carbocycles. The first kappa shape index (κ1) is 18.2. The largest absolute Gasteiger partial charge is 0.289 e. The summed E-state index contributed by atoms with van der Waals surface area (Å²) in [4.78, 5) is 12.1. The van der Waals surface area contributed by atoms with Gasteiger partial charge in [0.15, 0.2) is 5.78 Å². The monoisotopic (exact) mass is 382 g/mol. The van der Waals surface area contributed by atoms with Crippen LogP contribution in [0.4, 0.5) is 0 Å². The van der Waals surface area contributed by atoms with Crippen LogP contribution in [-0.2, 0) is 4.87 Å². The van der Waals surface area contributed by atoms with Gasteiger partial charge in [-0.1, -0.05) is 109 Å². The summed E-state index contributed by atoms with van der Waals surface area (Å²) >= 11 is 7.33. The van der Waals surface area contributed by atoms with Crippen LogP contribution >= 0.6 is 11.6 Å². The van der Waals surface area contributed by atoms with Gasteiger partial charge in [-0.05, 0) is 22.8 Å². The van der Waals surface area contributed by atoms with Crippen molar-refractivity contribution < 1.29 is 4.79 Å². The molecule has 28 heavy (non-hydrogen) atoms. The summed E-state index contributed by atoms with van der Waals surface area (Å²) in [5, 5.41) is 0. The van der Waals surface area contributed by atoms with Crippen molar-refractivity contribution in [3.05, 3.63) is 143 Å². The van der Waals surface area contributed by atoms with Gasteiger partial charge in [0.05, 0.1) is 0 Å². The van der Waals surface area contributed by atoms with E-state index in [0.29, 0.717) is 11.1 Å². The number of ketones is 1. The highest BCUT2D eigenvalue weighted by atomic mass is 35.5. The van der Waals surface area contributed by atoms with E-state index in [4.69, 9.17) is 11.6 Å². The molecule has 2 heteroatoms. The van der Waals surface area contributed by atoms with Crippen molar-refractivity contribution in [2.24, 2.45) is 0 Å². The lowest BCUT2D eigenvalue weighted by Crippen LogP contribution is -2.22. The fourth-order valence-electron chi connectivity index (χ4n) is 3.47. The highest BCUT2D eigenvalue weighted by Crippen LogP contribution is 2.43. The van der Waals surface area contributed by atoms with E-state index in [2.05, 4.69) is 0 Å². The fourth-order valence-corrected chi connectivity index (χ4v) is 3.84. The van der Waals surface area contributed by atoms with E-state index in [9.17, 15) is 4.79 Å². The average Bonchev–Trinajstić information content (AvgIpc) is 2.80. The highest BCUT2D eigenvalue weighted by Gasteiger charge is 2.34. The predicted octanol–water partition coefficient (Wildman–Crippen LogP) is 6.45. The van der Waals surface area contributed by atoms with Gasteiger partial charge in [-0.2, -0.15) is 0 Å². The van der Waals surface area contributed by atoms with Crippen molar-refractivity contribution in [1.82, 2.24) is 0 Å². The molecule has 0 atom stereocenters. The van der Waals surface area contributed by atoms with E-state index in [1.807, 2.05) is 115 Å². The molecule has 0 fully saturated rings. The Labute approximate surface area is 170 Å². The zero-order valence-corrected chi connectivity index (χ0v) is 16.0. The van der Waals surface area contributed by atoms with Crippen LogP contribution in [0.5, 0.6) is 0 Å². The van der Waals surface area contributed by atoms with Crippen molar-refractivity contribution in [3.63, 3.8) is 0 Å². The maximum atomic E-state index is 13.0. The molecule has 0 heterocycles. The molecule has 0 bridgehead atoms. The number of halogens is 1. The van der Waals surface area contributed by atoms with Crippen LogP contribution in [0.3, 0.4) is 0 Å². The summed E-state index contributed by atoms with van der Waals surface area (Å²) in [5.41, 5.74) is 4.09. The summed E-state index contributed by atoms with van der Waals surface area (Å²) in [5.74, 6) is -0.0115. The Bertz CT molecular complexity index is 1030. The number of carbonyl (C=O) groups is 1. The Morgan fingerprint density at radius 1 is 0.536 bits per heavy atom. The van der Waals surface area contributed by atoms with Crippen molar-refractivity contribution in [2.75, 3.05) is 0 Å². The standard InChI is InChI=1S/C26H19ClO/c27-26(22-14-6-2-7-15-22,23-16-8-3-9-17-23)24-18-10-13-21(19-24)25(28)20-11-4-1-5-12-20/h1-19H. The van der Waals surface area contributed by atoms with Gasteiger partial charge in [-0.15, -0.1) is 11.6 Å². The molecule has 0 aromatic heterocycles. The molecule has 0 amide bonds. The van der Waals surface area contributed by atoms with Gasteiger partial charge in [-0.25, -0.2) is 0 Å². The average molecular weight is 383 g/mol. The quantitative estimate of drug-likeness (QED) is 0.220. The summed E-state index contributed by atoms with van der Waals surface area (Å²) in [7, 11) is 0. The van der Waals surface area contributed by atoms with Gasteiger partial charge in [0.25, 0.3) is 0 Å². The molecule has 0 aliphatic rings. The molecule has 136 valence electrons. The summed E-state index contributed by atoms with van der Waals surface area (Å²) in [6.45, 7) is 0. The summed E-state index contributed by atoms with van der Waals surface area (Å²) in [6.07, 6.45) is 0. The number of benzene rings is 4. The Morgan fingerprint density at radius 2 is 0.964 bits per heavy atom. The van der Waals surface area contributed by atoms with Crippen molar-refractivity contribution >= 4 is 17.4 Å². The lowest BCUT2D eigenvalue weighted by atomic mass is 9.83. The van der Waals surface area contributed by atoms with E-state index in [1.54, 1.807) is 0 Å².